The number of fused-ring (bicyclic) bond motifs is 1. The molecule has 2 heterocycles. The van der Waals surface area contributed by atoms with Gasteiger partial charge in [-0.15, -0.1) is 0 Å². The van der Waals surface area contributed by atoms with E-state index in [1.165, 1.54) is 44.3 Å². The van der Waals surface area contributed by atoms with E-state index in [-0.39, 0.29) is 0 Å². The second-order valence-electron chi connectivity index (χ2n) is 8.82. The van der Waals surface area contributed by atoms with Crippen molar-refractivity contribution >= 4 is 10.8 Å². The third-order valence-corrected chi connectivity index (χ3v) is 5.83. The van der Waals surface area contributed by atoms with Crippen LogP contribution in [0.3, 0.4) is 0 Å². The van der Waals surface area contributed by atoms with Crippen LogP contribution in [0.5, 0.6) is 0 Å². The van der Waals surface area contributed by atoms with Crippen LogP contribution in [0.4, 0.5) is 0 Å². The summed E-state index contributed by atoms with van der Waals surface area (Å²) in [5.74, 6) is 1.46. The summed E-state index contributed by atoms with van der Waals surface area (Å²) in [6.45, 7) is 10.9. The van der Waals surface area contributed by atoms with Crippen LogP contribution in [0, 0.1) is 26.7 Å². The van der Waals surface area contributed by atoms with Crippen LogP contribution in [0.1, 0.15) is 36.4 Å². The smallest absolute Gasteiger partial charge is 0.213 e. The van der Waals surface area contributed by atoms with Crippen molar-refractivity contribution in [3.8, 4) is 22.4 Å². The molecule has 0 bridgehead atoms. The first kappa shape index (κ1) is 20.2. The topological polar surface area (TPSA) is 29.7 Å². The van der Waals surface area contributed by atoms with E-state index in [4.69, 9.17) is 0 Å². The lowest BCUT2D eigenvalue weighted by Gasteiger charge is -2.11. The fraction of sp³-hybridized carbons (Fsp3) is 0.296. The molecule has 0 spiro atoms. The SMILES string of the molecule is Cc1cc(C)c(C)c(-c2cc3cccc(-c4cnc(CC(C)C)nc4)c3c[n+]2C)c1. The number of hydrogen-bond acceptors (Lipinski definition) is 2. The van der Waals surface area contributed by atoms with Crippen molar-refractivity contribution in [3.05, 3.63) is 77.5 Å². The molecular weight excluding hydrogens is 366 g/mol. The van der Waals surface area contributed by atoms with Crippen molar-refractivity contribution < 1.29 is 4.57 Å². The van der Waals surface area contributed by atoms with Crippen molar-refractivity contribution in [2.75, 3.05) is 0 Å². The largest absolute Gasteiger partial charge is 0.241 e. The first-order valence-electron chi connectivity index (χ1n) is 10.7. The van der Waals surface area contributed by atoms with Gasteiger partial charge in [0.05, 0.1) is 5.39 Å². The molecule has 0 unspecified atom stereocenters. The number of nitrogens with zero attached hydrogens (tertiary/aromatic N) is 3. The van der Waals surface area contributed by atoms with Gasteiger partial charge in [0, 0.05) is 36.0 Å². The molecule has 0 fully saturated rings. The van der Waals surface area contributed by atoms with Crippen LogP contribution < -0.4 is 4.57 Å². The zero-order chi connectivity index (χ0) is 21.4. The minimum Gasteiger partial charge on any atom is -0.241 e. The molecule has 4 rings (SSSR count). The van der Waals surface area contributed by atoms with Crippen LogP contribution >= 0.6 is 0 Å². The van der Waals surface area contributed by atoms with Gasteiger partial charge < -0.3 is 0 Å². The summed E-state index contributed by atoms with van der Waals surface area (Å²) in [4.78, 5) is 9.21. The molecule has 152 valence electrons. The molecule has 0 aliphatic heterocycles. The Bertz CT molecular complexity index is 1220. The highest BCUT2D eigenvalue weighted by Crippen LogP contribution is 2.31. The lowest BCUT2D eigenvalue weighted by atomic mass is 9.95. The molecule has 0 saturated carbocycles. The van der Waals surface area contributed by atoms with E-state index in [2.05, 4.69) is 98.8 Å². The van der Waals surface area contributed by atoms with E-state index < -0.39 is 0 Å². The van der Waals surface area contributed by atoms with E-state index >= 15 is 0 Å². The van der Waals surface area contributed by atoms with Gasteiger partial charge in [0.2, 0.25) is 5.69 Å². The van der Waals surface area contributed by atoms with Gasteiger partial charge >= 0.3 is 0 Å². The molecule has 0 N–H and O–H groups in total. The molecule has 30 heavy (non-hydrogen) atoms. The Labute approximate surface area is 179 Å². The third-order valence-electron chi connectivity index (χ3n) is 5.83. The molecule has 0 radical (unpaired) electrons. The number of pyridine rings is 1. The zero-order valence-corrected chi connectivity index (χ0v) is 18.8. The van der Waals surface area contributed by atoms with Crippen LogP contribution in [0.2, 0.25) is 0 Å². The Kier molecular flexibility index (Phi) is 5.38. The van der Waals surface area contributed by atoms with Crippen molar-refractivity contribution in [1.82, 2.24) is 9.97 Å². The number of aromatic nitrogens is 3. The summed E-state index contributed by atoms with van der Waals surface area (Å²) in [6, 6.07) is 13.3. The van der Waals surface area contributed by atoms with Gasteiger partial charge in [0.15, 0.2) is 6.20 Å². The summed E-state index contributed by atoms with van der Waals surface area (Å²) in [5.41, 5.74) is 8.71. The molecule has 2 aromatic carbocycles. The number of hydrogen-bond donors (Lipinski definition) is 0. The number of rotatable bonds is 4. The predicted octanol–water partition coefficient (Wildman–Crippen LogP) is 5.91. The van der Waals surface area contributed by atoms with E-state index in [0.717, 1.165) is 17.8 Å². The fourth-order valence-electron chi connectivity index (χ4n) is 4.16. The van der Waals surface area contributed by atoms with E-state index in [0.29, 0.717) is 5.92 Å². The summed E-state index contributed by atoms with van der Waals surface area (Å²) in [7, 11) is 2.13. The van der Waals surface area contributed by atoms with Crippen LogP contribution in [-0.4, -0.2) is 9.97 Å². The first-order valence-corrected chi connectivity index (χ1v) is 10.7. The maximum absolute atomic E-state index is 4.60. The van der Waals surface area contributed by atoms with Gasteiger partial charge in [-0.3, -0.25) is 0 Å². The summed E-state index contributed by atoms with van der Waals surface area (Å²) < 4.78 is 2.24. The highest BCUT2D eigenvalue weighted by atomic mass is 14.9. The van der Waals surface area contributed by atoms with E-state index in [1.807, 2.05) is 12.4 Å². The summed E-state index contributed by atoms with van der Waals surface area (Å²) in [5, 5.41) is 2.44. The average molecular weight is 397 g/mol. The standard InChI is InChI=1S/C27H30N3/c1-17(2)10-27-28-14-22(15-29-27)23-9-7-8-21-13-26(30(6)16-25(21)23)24-12-18(3)11-19(4)20(24)5/h7-9,11-17H,10H2,1-6H3/q+1. The zero-order valence-electron chi connectivity index (χ0n) is 18.8. The summed E-state index contributed by atoms with van der Waals surface area (Å²) >= 11 is 0. The molecule has 0 aliphatic carbocycles. The molecule has 0 atom stereocenters. The lowest BCUT2D eigenvalue weighted by molar-refractivity contribution is -0.659. The Morgan fingerprint density at radius 1 is 0.933 bits per heavy atom. The lowest BCUT2D eigenvalue weighted by Crippen LogP contribution is -2.30. The van der Waals surface area contributed by atoms with Crippen LogP contribution in [0.15, 0.2) is 55.0 Å². The van der Waals surface area contributed by atoms with Gasteiger partial charge in [-0.05, 0) is 54.8 Å². The molecule has 0 amide bonds. The Morgan fingerprint density at radius 2 is 1.67 bits per heavy atom. The highest BCUT2D eigenvalue weighted by Gasteiger charge is 2.17. The predicted molar refractivity (Wildman–Crippen MR) is 124 cm³/mol. The van der Waals surface area contributed by atoms with Crippen molar-refractivity contribution in [1.29, 1.82) is 0 Å². The number of aryl methyl sites for hydroxylation is 3. The average Bonchev–Trinajstić information content (AvgIpc) is 2.70. The third kappa shape index (κ3) is 3.85. The normalized spacial score (nSPS) is 11.4. The second kappa shape index (κ2) is 7.98. The molecule has 0 aliphatic rings. The Hall–Kier alpha value is -3.07. The van der Waals surface area contributed by atoms with Gasteiger partial charge in [-0.25, -0.2) is 14.5 Å². The minimum atomic E-state index is 0.555. The van der Waals surface area contributed by atoms with Gasteiger partial charge in [0.25, 0.3) is 0 Å². The maximum atomic E-state index is 4.60. The molecule has 4 aromatic rings. The van der Waals surface area contributed by atoms with Gasteiger partial charge in [-0.1, -0.05) is 43.7 Å². The quantitative estimate of drug-likeness (QED) is 0.401. The van der Waals surface area contributed by atoms with Crippen molar-refractivity contribution in [2.24, 2.45) is 13.0 Å². The fourth-order valence-corrected chi connectivity index (χ4v) is 4.16. The molecule has 2 aromatic heterocycles. The monoisotopic (exact) mass is 396 g/mol. The van der Waals surface area contributed by atoms with Crippen molar-refractivity contribution in [3.63, 3.8) is 0 Å². The van der Waals surface area contributed by atoms with Gasteiger partial charge in [0.1, 0.15) is 12.9 Å². The molecule has 3 nitrogen and oxygen atoms in total. The van der Waals surface area contributed by atoms with E-state index in [1.54, 1.807) is 0 Å². The molecular formula is C27H30N3+. The first-order chi connectivity index (χ1) is 14.3. The Balaban J connectivity index is 1.83. The van der Waals surface area contributed by atoms with Crippen LogP contribution in [0.25, 0.3) is 33.2 Å². The second-order valence-corrected chi connectivity index (χ2v) is 8.82. The van der Waals surface area contributed by atoms with Gasteiger partial charge in [-0.2, -0.15) is 0 Å². The summed E-state index contributed by atoms with van der Waals surface area (Å²) in [6.07, 6.45) is 7.06. The number of benzene rings is 2. The molecule has 3 heteroatoms. The minimum absolute atomic E-state index is 0.555. The van der Waals surface area contributed by atoms with Crippen molar-refractivity contribution in [2.45, 2.75) is 41.0 Å². The highest BCUT2D eigenvalue weighted by molar-refractivity contribution is 5.96. The van der Waals surface area contributed by atoms with E-state index in [9.17, 15) is 0 Å². The van der Waals surface area contributed by atoms with Crippen LogP contribution in [-0.2, 0) is 13.5 Å². The Morgan fingerprint density at radius 3 is 2.37 bits per heavy atom. The maximum Gasteiger partial charge on any atom is 0.213 e. The molecule has 0 saturated heterocycles.